The highest BCUT2D eigenvalue weighted by atomic mass is 79.9. The fourth-order valence-electron chi connectivity index (χ4n) is 1.46. The molecule has 0 radical (unpaired) electrons. The van der Waals surface area contributed by atoms with Crippen LogP contribution in [-0.4, -0.2) is 23.9 Å². The van der Waals surface area contributed by atoms with Crippen molar-refractivity contribution in [3.63, 3.8) is 0 Å². The van der Waals surface area contributed by atoms with E-state index in [1.165, 1.54) is 0 Å². The van der Waals surface area contributed by atoms with Crippen LogP contribution >= 0.6 is 27.5 Å². The van der Waals surface area contributed by atoms with E-state index < -0.39 is 0 Å². The largest absolute Gasteiger partial charge is 0.339 e. The summed E-state index contributed by atoms with van der Waals surface area (Å²) in [4.78, 5) is 13.7. The summed E-state index contributed by atoms with van der Waals surface area (Å²) < 4.78 is 0.815. The second kappa shape index (κ2) is 4.14. The molecule has 0 saturated heterocycles. The van der Waals surface area contributed by atoms with Gasteiger partial charge in [0.15, 0.2) is 0 Å². The zero-order valence-corrected chi connectivity index (χ0v) is 10.7. The lowest BCUT2D eigenvalue weighted by atomic mass is 10.2. The molecule has 0 atom stereocenters. The number of benzene rings is 1. The molecule has 0 N–H and O–H groups in total. The van der Waals surface area contributed by atoms with Crippen molar-refractivity contribution in [3.8, 4) is 0 Å². The van der Waals surface area contributed by atoms with Crippen LogP contribution in [0.1, 0.15) is 23.2 Å². The quantitative estimate of drug-likeness (QED) is 0.817. The molecular formula is C11H11BrClNO. The lowest BCUT2D eigenvalue weighted by Gasteiger charge is -2.16. The SMILES string of the molecule is CN(C(=O)c1ccc(Br)c(Cl)c1)C1CC1. The number of amides is 1. The van der Waals surface area contributed by atoms with Crippen LogP contribution in [0.3, 0.4) is 0 Å². The minimum Gasteiger partial charge on any atom is -0.339 e. The molecule has 1 aromatic carbocycles. The van der Waals surface area contributed by atoms with Gasteiger partial charge in [-0.3, -0.25) is 4.79 Å². The lowest BCUT2D eigenvalue weighted by molar-refractivity contribution is 0.0785. The molecule has 2 rings (SSSR count). The Morgan fingerprint density at radius 1 is 1.53 bits per heavy atom. The van der Waals surface area contributed by atoms with E-state index in [4.69, 9.17) is 11.6 Å². The number of nitrogens with zero attached hydrogens (tertiary/aromatic N) is 1. The van der Waals surface area contributed by atoms with E-state index in [-0.39, 0.29) is 5.91 Å². The Balaban J connectivity index is 2.21. The van der Waals surface area contributed by atoms with Crippen LogP contribution in [0.2, 0.25) is 5.02 Å². The molecule has 0 aromatic heterocycles. The van der Waals surface area contributed by atoms with E-state index in [1.807, 2.05) is 7.05 Å². The topological polar surface area (TPSA) is 20.3 Å². The van der Waals surface area contributed by atoms with Gasteiger partial charge in [0.2, 0.25) is 0 Å². The second-order valence-corrected chi connectivity index (χ2v) is 5.04. The zero-order chi connectivity index (χ0) is 11.0. The fourth-order valence-corrected chi connectivity index (χ4v) is 1.89. The predicted molar refractivity (Wildman–Crippen MR) is 64.3 cm³/mol. The van der Waals surface area contributed by atoms with E-state index in [0.717, 1.165) is 17.3 Å². The van der Waals surface area contributed by atoms with Crippen molar-refractivity contribution in [2.75, 3.05) is 7.05 Å². The molecule has 0 bridgehead atoms. The van der Waals surface area contributed by atoms with Gasteiger partial charge in [0, 0.05) is 23.1 Å². The molecule has 1 aromatic rings. The number of rotatable bonds is 2. The first-order valence-electron chi connectivity index (χ1n) is 4.82. The Labute approximate surface area is 102 Å². The number of hydrogen-bond donors (Lipinski definition) is 0. The van der Waals surface area contributed by atoms with Gasteiger partial charge in [-0.05, 0) is 47.0 Å². The smallest absolute Gasteiger partial charge is 0.253 e. The summed E-state index contributed by atoms with van der Waals surface area (Å²) in [6.07, 6.45) is 2.24. The molecule has 0 heterocycles. The van der Waals surface area contributed by atoms with Gasteiger partial charge in [-0.25, -0.2) is 0 Å². The van der Waals surface area contributed by atoms with Crippen molar-refractivity contribution in [1.82, 2.24) is 4.90 Å². The highest BCUT2D eigenvalue weighted by Crippen LogP contribution is 2.28. The van der Waals surface area contributed by atoms with Crippen LogP contribution in [0.4, 0.5) is 0 Å². The third-order valence-electron chi connectivity index (χ3n) is 2.58. The minimum atomic E-state index is 0.0481. The van der Waals surface area contributed by atoms with E-state index in [9.17, 15) is 4.79 Å². The molecule has 0 unspecified atom stereocenters. The van der Waals surface area contributed by atoms with Gasteiger partial charge in [0.05, 0.1) is 5.02 Å². The average molecular weight is 289 g/mol. The summed E-state index contributed by atoms with van der Waals surface area (Å²) >= 11 is 9.24. The summed E-state index contributed by atoms with van der Waals surface area (Å²) in [5.74, 6) is 0.0481. The molecule has 1 amide bonds. The highest BCUT2D eigenvalue weighted by molar-refractivity contribution is 9.10. The molecule has 1 saturated carbocycles. The van der Waals surface area contributed by atoms with Gasteiger partial charge in [-0.1, -0.05) is 11.6 Å². The maximum atomic E-state index is 11.9. The van der Waals surface area contributed by atoms with Gasteiger partial charge in [0.1, 0.15) is 0 Å². The first kappa shape index (κ1) is 11.0. The van der Waals surface area contributed by atoms with Crippen molar-refractivity contribution >= 4 is 33.4 Å². The average Bonchev–Trinajstić information content (AvgIpc) is 3.03. The Morgan fingerprint density at radius 3 is 2.73 bits per heavy atom. The molecule has 2 nitrogen and oxygen atoms in total. The van der Waals surface area contributed by atoms with Crippen molar-refractivity contribution in [2.45, 2.75) is 18.9 Å². The molecule has 0 aliphatic heterocycles. The maximum Gasteiger partial charge on any atom is 0.253 e. The molecule has 80 valence electrons. The third kappa shape index (κ3) is 2.34. The number of carbonyl (C=O) groups is 1. The molecule has 15 heavy (non-hydrogen) atoms. The van der Waals surface area contributed by atoms with Crippen LogP contribution in [-0.2, 0) is 0 Å². The van der Waals surface area contributed by atoms with Crippen LogP contribution in [0.5, 0.6) is 0 Å². The standard InChI is InChI=1S/C11H11BrClNO/c1-14(8-3-4-8)11(15)7-2-5-9(12)10(13)6-7/h2,5-6,8H,3-4H2,1H3. The Kier molecular flexibility index (Phi) is 3.03. The summed E-state index contributed by atoms with van der Waals surface area (Å²) in [5, 5.41) is 0.574. The molecule has 1 aliphatic rings. The Hall–Kier alpha value is -0.540. The van der Waals surface area contributed by atoms with Gasteiger partial charge < -0.3 is 4.90 Å². The summed E-state index contributed by atoms with van der Waals surface area (Å²) in [5.41, 5.74) is 0.651. The van der Waals surface area contributed by atoms with Crippen molar-refractivity contribution in [2.24, 2.45) is 0 Å². The number of carbonyl (C=O) groups excluding carboxylic acids is 1. The fraction of sp³-hybridized carbons (Fsp3) is 0.364. The predicted octanol–water partition coefficient (Wildman–Crippen LogP) is 3.34. The number of hydrogen-bond acceptors (Lipinski definition) is 1. The molecule has 4 heteroatoms. The van der Waals surface area contributed by atoms with Gasteiger partial charge in [-0.2, -0.15) is 0 Å². The van der Waals surface area contributed by atoms with Crippen molar-refractivity contribution in [3.05, 3.63) is 33.3 Å². The van der Waals surface area contributed by atoms with Crippen LogP contribution < -0.4 is 0 Å². The van der Waals surface area contributed by atoms with Gasteiger partial charge in [-0.15, -0.1) is 0 Å². The third-order valence-corrected chi connectivity index (χ3v) is 3.81. The van der Waals surface area contributed by atoms with E-state index in [2.05, 4.69) is 15.9 Å². The normalized spacial score (nSPS) is 15.1. The van der Waals surface area contributed by atoms with Crippen molar-refractivity contribution in [1.29, 1.82) is 0 Å². The second-order valence-electron chi connectivity index (χ2n) is 3.78. The van der Waals surface area contributed by atoms with E-state index in [0.29, 0.717) is 16.6 Å². The van der Waals surface area contributed by atoms with Gasteiger partial charge >= 0.3 is 0 Å². The molecule has 0 spiro atoms. The summed E-state index contributed by atoms with van der Waals surface area (Å²) in [6, 6.07) is 5.72. The zero-order valence-electron chi connectivity index (χ0n) is 8.34. The van der Waals surface area contributed by atoms with Crippen LogP contribution in [0.15, 0.2) is 22.7 Å². The highest BCUT2D eigenvalue weighted by Gasteiger charge is 2.30. The lowest BCUT2D eigenvalue weighted by Crippen LogP contribution is -2.28. The molecule has 1 aliphatic carbocycles. The Bertz CT molecular complexity index is 404. The maximum absolute atomic E-state index is 11.9. The minimum absolute atomic E-state index is 0.0481. The van der Waals surface area contributed by atoms with Crippen molar-refractivity contribution < 1.29 is 4.79 Å². The molecular weight excluding hydrogens is 277 g/mol. The van der Waals surface area contributed by atoms with E-state index in [1.54, 1.807) is 23.1 Å². The van der Waals surface area contributed by atoms with E-state index >= 15 is 0 Å². The monoisotopic (exact) mass is 287 g/mol. The molecule has 1 fully saturated rings. The van der Waals surface area contributed by atoms with Gasteiger partial charge in [0.25, 0.3) is 5.91 Å². The first-order valence-corrected chi connectivity index (χ1v) is 5.99. The summed E-state index contributed by atoms with van der Waals surface area (Å²) in [7, 11) is 1.84. The Morgan fingerprint density at radius 2 is 2.20 bits per heavy atom. The first-order chi connectivity index (χ1) is 7.09. The number of halogens is 2. The summed E-state index contributed by atoms with van der Waals surface area (Å²) in [6.45, 7) is 0. The van der Waals surface area contributed by atoms with Crippen LogP contribution in [0.25, 0.3) is 0 Å². The van der Waals surface area contributed by atoms with Crippen LogP contribution in [0, 0.1) is 0 Å².